The molecule has 0 saturated carbocycles. The van der Waals surface area contributed by atoms with E-state index in [4.69, 9.17) is 17.3 Å². The van der Waals surface area contributed by atoms with E-state index in [0.29, 0.717) is 0 Å². The van der Waals surface area contributed by atoms with Crippen LogP contribution in [-0.2, 0) is 0 Å². The summed E-state index contributed by atoms with van der Waals surface area (Å²) < 4.78 is 13.1. The molecule has 1 aromatic carbocycles. The van der Waals surface area contributed by atoms with E-state index in [1.54, 1.807) is 0 Å². The molecule has 2 rings (SSSR count). The molecule has 82 valence electrons. The zero-order chi connectivity index (χ0) is 11.7. The number of H-pyrrole nitrogens is 2. The maximum absolute atomic E-state index is 12.9. The molecule has 0 amide bonds. The molecule has 2 aromatic rings. The highest BCUT2D eigenvalue weighted by Crippen LogP contribution is 2.20. The first-order chi connectivity index (χ1) is 7.58. The Balaban J connectivity index is 2.64. The summed E-state index contributed by atoms with van der Waals surface area (Å²) in [7, 11) is 0. The number of hydrogen-bond acceptors (Lipinski definition) is 3. The van der Waals surface area contributed by atoms with Crippen LogP contribution < -0.4 is 0 Å². The van der Waals surface area contributed by atoms with Crippen molar-refractivity contribution in [3.63, 3.8) is 0 Å². The Kier molecular flexibility index (Phi) is 2.53. The van der Waals surface area contributed by atoms with Gasteiger partial charge in [-0.05, 0) is 30.4 Å². The first kappa shape index (κ1) is 10.5. The van der Waals surface area contributed by atoms with Crippen molar-refractivity contribution in [2.24, 2.45) is 0 Å². The average molecular weight is 239 g/mol. The molecule has 1 heterocycles. The number of halogens is 1. The number of benzene rings is 1. The van der Waals surface area contributed by atoms with Crippen molar-refractivity contribution in [1.29, 1.82) is 0 Å². The van der Waals surface area contributed by atoms with Gasteiger partial charge in [0.15, 0.2) is 5.82 Å². The summed E-state index contributed by atoms with van der Waals surface area (Å²) in [6.45, 7) is 0. The summed E-state index contributed by atoms with van der Waals surface area (Å²) in [6.07, 6.45) is 0. The molecular formula is C9H6FN3O2S. The van der Waals surface area contributed by atoms with Gasteiger partial charge in [-0.3, -0.25) is 10.2 Å². The highest BCUT2D eigenvalue weighted by molar-refractivity contribution is 7.71. The number of aromatic nitrogens is 3. The van der Waals surface area contributed by atoms with Gasteiger partial charge in [-0.25, -0.2) is 9.18 Å². The summed E-state index contributed by atoms with van der Waals surface area (Å²) in [5, 5.41) is 14.1. The van der Waals surface area contributed by atoms with Crippen LogP contribution in [0.15, 0.2) is 18.2 Å². The molecule has 0 aliphatic carbocycles. The van der Waals surface area contributed by atoms with Crippen molar-refractivity contribution < 1.29 is 14.3 Å². The van der Waals surface area contributed by atoms with Gasteiger partial charge in [0.1, 0.15) is 5.82 Å². The topological polar surface area (TPSA) is 81.8 Å². The van der Waals surface area contributed by atoms with Crippen LogP contribution in [0.25, 0.3) is 11.4 Å². The lowest BCUT2D eigenvalue weighted by atomic mass is 10.1. The lowest BCUT2D eigenvalue weighted by Crippen LogP contribution is -2.01. The van der Waals surface area contributed by atoms with E-state index in [0.717, 1.165) is 12.1 Å². The Labute approximate surface area is 94.0 Å². The van der Waals surface area contributed by atoms with Crippen LogP contribution in [0.3, 0.4) is 0 Å². The number of carboxylic acid groups (broad SMARTS) is 1. The minimum absolute atomic E-state index is 0.169. The quantitative estimate of drug-likeness (QED) is 0.700. The molecule has 0 fully saturated rings. The maximum atomic E-state index is 12.9. The van der Waals surface area contributed by atoms with E-state index in [2.05, 4.69) is 15.2 Å². The maximum Gasteiger partial charge on any atom is 0.336 e. The fourth-order valence-electron chi connectivity index (χ4n) is 1.30. The summed E-state index contributed by atoms with van der Waals surface area (Å²) in [4.78, 5) is 14.8. The molecule has 7 heteroatoms. The van der Waals surface area contributed by atoms with Crippen LogP contribution in [0.4, 0.5) is 4.39 Å². The Morgan fingerprint density at radius 1 is 1.44 bits per heavy atom. The molecule has 0 aliphatic rings. The van der Waals surface area contributed by atoms with Crippen molar-refractivity contribution in [2.75, 3.05) is 0 Å². The molecule has 16 heavy (non-hydrogen) atoms. The summed E-state index contributed by atoms with van der Waals surface area (Å²) in [6, 6.07) is 3.43. The molecule has 5 nitrogen and oxygen atoms in total. The lowest BCUT2D eigenvalue weighted by molar-refractivity contribution is 0.0697. The number of hydrogen-bond donors (Lipinski definition) is 3. The van der Waals surface area contributed by atoms with Crippen LogP contribution >= 0.6 is 12.2 Å². The molecular weight excluding hydrogens is 233 g/mol. The Morgan fingerprint density at radius 2 is 2.19 bits per heavy atom. The third-order valence-electron chi connectivity index (χ3n) is 1.97. The molecule has 3 N–H and O–H groups in total. The molecule has 0 atom stereocenters. The Bertz CT molecular complexity index is 605. The van der Waals surface area contributed by atoms with Gasteiger partial charge in [0, 0.05) is 5.56 Å². The number of nitrogens with zero attached hydrogens (tertiary/aromatic N) is 1. The van der Waals surface area contributed by atoms with Gasteiger partial charge in [0.2, 0.25) is 4.77 Å². The fourth-order valence-corrected chi connectivity index (χ4v) is 1.44. The molecule has 0 radical (unpaired) electrons. The third-order valence-corrected chi connectivity index (χ3v) is 2.16. The van der Waals surface area contributed by atoms with Crippen LogP contribution in [0.2, 0.25) is 0 Å². The number of aromatic amines is 2. The second-order valence-electron chi connectivity index (χ2n) is 3.01. The number of carboxylic acids is 1. The minimum Gasteiger partial charge on any atom is -0.478 e. The fraction of sp³-hybridized carbons (Fsp3) is 0. The van der Waals surface area contributed by atoms with Gasteiger partial charge in [-0.1, -0.05) is 0 Å². The largest absolute Gasteiger partial charge is 0.478 e. The van der Waals surface area contributed by atoms with E-state index < -0.39 is 11.8 Å². The van der Waals surface area contributed by atoms with E-state index in [1.807, 2.05) is 0 Å². The van der Waals surface area contributed by atoms with Crippen molar-refractivity contribution in [1.82, 2.24) is 15.2 Å². The number of carbonyl (C=O) groups is 1. The van der Waals surface area contributed by atoms with Crippen molar-refractivity contribution in [3.05, 3.63) is 34.4 Å². The summed E-state index contributed by atoms with van der Waals surface area (Å²) in [5.74, 6) is -1.57. The average Bonchev–Trinajstić information content (AvgIpc) is 2.64. The zero-order valence-electron chi connectivity index (χ0n) is 7.82. The molecule has 1 aromatic heterocycles. The monoisotopic (exact) mass is 239 g/mol. The highest BCUT2D eigenvalue weighted by Gasteiger charge is 2.14. The summed E-state index contributed by atoms with van der Waals surface area (Å²) >= 11 is 4.75. The van der Waals surface area contributed by atoms with Crippen LogP contribution in [-0.4, -0.2) is 26.3 Å². The van der Waals surface area contributed by atoms with Crippen molar-refractivity contribution in [3.8, 4) is 11.4 Å². The van der Waals surface area contributed by atoms with E-state index >= 15 is 0 Å². The predicted molar refractivity (Wildman–Crippen MR) is 56.1 cm³/mol. The van der Waals surface area contributed by atoms with Crippen LogP contribution in [0, 0.1) is 10.6 Å². The molecule has 0 aliphatic heterocycles. The molecule has 0 bridgehead atoms. The first-order valence-electron chi connectivity index (χ1n) is 4.26. The first-order valence-corrected chi connectivity index (χ1v) is 4.66. The van der Waals surface area contributed by atoms with Crippen molar-refractivity contribution >= 4 is 18.2 Å². The zero-order valence-corrected chi connectivity index (χ0v) is 8.64. The van der Waals surface area contributed by atoms with Crippen molar-refractivity contribution in [2.45, 2.75) is 0 Å². The third kappa shape index (κ3) is 1.84. The Hall–Kier alpha value is -2.02. The van der Waals surface area contributed by atoms with E-state index in [1.165, 1.54) is 6.07 Å². The molecule has 0 saturated heterocycles. The second kappa shape index (κ2) is 3.86. The lowest BCUT2D eigenvalue weighted by Gasteiger charge is -2.02. The van der Waals surface area contributed by atoms with Crippen LogP contribution in [0.5, 0.6) is 0 Å². The number of rotatable bonds is 2. The summed E-state index contributed by atoms with van der Waals surface area (Å²) in [5.41, 5.74) is 0.110. The van der Waals surface area contributed by atoms with E-state index in [9.17, 15) is 9.18 Å². The van der Waals surface area contributed by atoms with Gasteiger partial charge < -0.3 is 5.11 Å². The standard InChI is InChI=1S/C9H6FN3O2S/c10-4-1-2-5(6(3-4)8(14)15)7-11-9(16)13-12-7/h1-3H,(H,14,15)(H2,11,12,13,16). The normalized spacial score (nSPS) is 10.3. The van der Waals surface area contributed by atoms with Gasteiger partial charge >= 0.3 is 5.97 Å². The van der Waals surface area contributed by atoms with Gasteiger partial charge in [-0.2, -0.15) is 4.98 Å². The number of aromatic carboxylic acids is 1. The SMILES string of the molecule is O=C(O)c1cc(F)ccc1-c1nc(=S)[nH][nH]1. The Morgan fingerprint density at radius 3 is 2.75 bits per heavy atom. The molecule has 0 unspecified atom stereocenters. The predicted octanol–water partition coefficient (Wildman–Crippen LogP) is 1.97. The number of nitrogens with one attached hydrogen (secondary N) is 2. The van der Waals surface area contributed by atoms with Gasteiger partial charge in [0.25, 0.3) is 0 Å². The molecule has 0 spiro atoms. The smallest absolute Gasteiger partial charge is 0.336 e. The highest BCUT2D eigenvalue weighted by atomic mass is 32.1. The van der Waals surface area contributed by atoms with Crippen LogP contribution in [0.1, 0.15) is 10.4 Å². The van der Waals surface area contributed by atoms with E-state index in [-0.39, 0.29) is 21.7 Å². The minimum atomic E-state index is -1.23. The van der Waals surface area contributed by atoms with Gasteiger partial charge in [-0.15, -0.1) is 0 Å². The van der Waals surface area contributed by atoms with Gasteiger partial charge in [0.05, 0.1) is 5.56 Å². The second-order valence-corrected chi connectivity index (χ2v) is 3.40.